The van der Waals surface area contributed by atoms with Crippen molar-refractivity contribution in [3.63, 3.8) is 0 Å². The molecular formula is C22H23ClN2O3S. The van der Waals surface area contributed by atoms with Gasteiger partial charge in [0, 0.05) is 35.2 Å². The monoisotopic (exact) mass is 430 g/mol. The van der Waals surface area contributed by atoms with Crippen molar-refractivity contribution in [2.24, 2.45) is 5.92 Å². The molecule has 0 bridgehead atoms. The lowest BCUT2D eigenvalue weighted by Crippen LogP contribution is -2.40. The van der Waals surface area contributed by atoms with Crippen LogP contribution in [-0.4, -0.2) is 36.9 Å². The van der Waals surface area contributed by atoms with Crippen molar-refractivity contribution in [3.8, 4) is 0 Å². The zero-order chi connectivity index (χ0) is 20.6. The number of nitrogens with zero attached hydrogens (tertiary/aromatic N) is 2. The molecule has 5 nitrogen and oxygen atoms in total. The van der Waals surface area contributed by atoms with E-state index >= 15 is 0 Å². The maximum absolute atomic E-state index is 13.3. The summed E-state index contributed by atoms with van der Waals surface area (Å²) >= 11 is 5.91. The molecule has 0 saturated carbocycles. The molecule has 1 amide bonds. The van der Waals surface area contributed by atoms with E-state index in [1.165, 1.54) is 12.1 Å². The number of halogens is 1. The van der Waals surface area contributed by atoms with Gasteiger partial charge in [0.25, 0.3) is 0 Å². The maximum Gasteiger partial charge on any atom is 0.242 e. The molecule has 1 saturated heterocycles. The van der Waals surface area contributed by atoms with Gasteiger partial charge in [-0.2, -0.15) is 0 Å². The van der Waals surface area contributed by atoms with E-state index in [9.17, 15) is 13.2 Å². The molecule has 4 rings (SSSR count). The molecule has 0 spiro atoms. The summed E-state index contributed by atoms with van der Waals surface area (Å²) in [7, 11) is -3.74. The average molecular weight is 431 g/mol. The van der Waals surface area contributed by atoms with Crippen LogP contribution in [0.1, 0.15) is 19.8 Å². The van der Waals surface area contributed by atoms with Gasteiger partial charge in [-0.15, -0.1) is 0 Å². The standard InChI is InChI=1S/C22H23ClN2O3S/c1-16-5-4-12-24(13-16)22(26)15-25-14-21(19-6-2-3-7-20(19)25)29(27,28)18-10-8-17(23)9-11-18/h2-3,6-11,14,16H,4-5,12-13,15H2,1H3. The lowest BCUT2D eigenvalue weighted by Gasteiger charge is -2.31. The van der Waals surface area contributed by atoms with Crippen LogP contribution in [0.25, 0.3) is 10.9 Å². The molecule has 1 atom stereocenters. The summed E-state index contributed by atoms with van der Waals surface area (Å²) in [6.07, 6.45) is 3.73. The second kappa shape index (κ2) is 7.84. The highest BCUT2D eigenvalue weighted by Gasteiger charge is 2.26. The molecule has 29 heavy (non-hydrogen) atoms. The molecule has 1 aromatic heterocycles. The molecule has 1 fully saturated rings. The van der Waals surface area contributed by atoms with Crippen molar-refractivity contribution in [2.45, 2.75) is 36.1 Å². The van der Waals surface area contributed by atoms with Crippen LogP contribution < -0.4 is 0 Å². The number of hydrogen-bond donors (Lipinski definition) is 0. The van der Waals surface area contributed by atoms with Crippen LogP contribution in [0.3, 0.4) is 0 Å². The Balaban J connectivity index is 1.72. The third-order valence-corrected chi connectivity index (χ3v) is 7.53. The summed E-state index contributed by atoms with van der Waals surface area (Å²) in [5, 5.41) is 1.09. The Morgan fingerprint density at radius 1 is 1.14 bits per heavy atom. The molecular weight excluding hydrogens is 408 g/mol. The number of amides is 1. The molecule has 0 aliphatic carbocycles. The molecule has 1 aliphatic rings. The van der Waals surface area contributed by atoms with Crippen molar-refractivity contribution in [1.29, 1.82) is 0 Å². The highest BCUT2D eigenvalue weighted by atomic mass is 35.5. The van der Waals surface area contributed by atoms with E-state index in [1.807, 2.05) is 23.1 Å². The second-order valence-electron chi connectivity index (χ2n) is 7.68. The van der Waals surface area contributed by atoms with Crippen LogP contribution in [0.4, 0.5) is 0 Å². The number of carbonyl (C=O) groups excluding carboxylic acids is 1. The van der Waals surface area contributed by atoms with Crippen molar-refractivity contribution < 1.29 is 13.2 Å². The Hall–Kier alpha value is -2.31. The van der Waals surface area contributed by atoms with Crippen LogP contribution in [0.15, 0.2) is 64.5 Å². The molecule has 152 valence electrons. The molecule has 3 aromatic rings. The minimum atomic E-state index is -3.74. The number of fused-ring (bicyclic) bond motifs is 1. The maximum atomic E-state index is 13.3. The fraction of sp³-hybridized carbons (Fsp3) is 0.318. The van der Waals surface area contributed by atoms with E-state index in [4.69, 9.17) is 11.6 Å². The van der Waals surface area contributed by atoms with Gasteiger partial charge in [0.15, 0.2) is 0 Å². The van der Waals surface area contributed by atoms with Crippen LogP contribution in [-0.2, 0) is 21.2 Å². The number of sulfone groups is 1. The van der Waals surface area contributed by atoms with Crippen molar-refractivity contribution in [2.75, 3.05) is 13.1 Å². The lowest BCUT2D eigenvalue weighted by molar-refractivity contribution is -0.133. The van der Waals surface area contributed by atoms with Gasteiger partial charge in [-0.3, -0.25) is 4.79 Å². The first-order valence-electron chi connectivity index (χ1n) is 9.72. The third-order valence-electron chi connectivity index (χ3n) is 5.48. The van der Waals surface area contributed by atoms with E-state index in [2.05, 4.69) is 6.92 Å². The van der Waals surface area contributed by atoms with Gasteiger partial charge in [0.05, 0.1) is 9.79 Å². The Kier molecular flexibility index (Phi) is 5.40. The van der Waals surface area contributed by atoms with Crippen LogP contribution >= 0.6 is 11.6 Å². The SMILES string of the molecule is CC1CCCN(C(=O)Cn2cc(S(=O)(=O)c3ccc(Cl)cc3)c3ccccc32)C1. The smallest absolute Gasteiger partial charge is 0.242 e. The number of benzene rings is 2. The molecule has 0 N–H and O–H groups in total. The number of piperidine rings is 1. The number of aromatic nitrogens is 1. The highest BCUT2D eigenvalue weighted by Crippen LogP contribution is 2.31. The first-order valence-corrected chi connectivity index (χ1v) is 11.6. The summed E-state index contributed by atoms with van der Waals surface area (Å²) in [5.41, 5.74) is 0.735. The molecule has 2 heterocycles. The van der Waals surface area contributed by atoms with Gasteiger partial charge < -0.3 is 9.47 Å². The van der Waals surface area contributed by atoms with Crippen LogP contribution in [0.2, 0.25) is 5.02 Å². The zero-order valence-electron chi connectivity index (χ0n) is 16.2. The predicted molar refractivity (Wildman–Crippen MR) is 114 cm³/mol. The Bertz CT molecular complexity index is 1150. The summed E-state index contributed by atoms with van der Waals surface area (Å²) in [6, 6.07) is 13.4. The van der Waals surface area contributed by atoms with E-state index in [0.717, 1.165) is 31.4 Å². The summed E-state index contributed by atoms with van der Waals surface area (Å²) in [4.78, 5) is 15.1. The minimum absolute atomic E-state index is 0.0211. The molecule has 1 aliphatic heterocycles. The number of likely N-dealkylation sites (tertiary alicyclic amines) is 1. The minimum Gasteiger partial charge on any atom is -0.341 e. The topological polar surface area (TPSA) is 59.4 Å². The van der Waals surface area contributed by atoms with E-state index in [0.29, 0.717) is 16.3 Å². The molecule has 1 unspecified atom stereocenters. The van der Waals surface area contributed by atoms with Crippen molar-refractivity contribution >= 4 is 38.2 Å². The van der Waals surface area contributed by atoms with Crippen LogP contribution in [0.5, 0.6) is 0 Å². The fourth-order valence-electron chi connectivity index (χ4n) is 3.96. The van der Waals surface area contributed by atoms with Gasteiger partial charge in [-0.05, 0) is 49.1 Å². The van der Waals surface area contributed by atoms with Crippen molar-refractivity contribution in [3.05, 3.63) is 59.8 Å². The first kappa shape index (κ1) is 20.0. The Labute approximate surface area is 175 Å². The third kappa shape index (κ3) is 3.91. The van der Waals surface area contributed by atoms with Gasteiger partial charge in [-0.25, -0.2) is 8.42 Å². The van der Waals surface area contributed by atoms with Gasteiger partial charge >= 0.3 is 0 Å². The molecule has 2 aromatic carbocycles. The highest BCUT2D eigenvalue weighted by molar-refractivity contribution is 7.91. The predicted octanol–water partition coefficient (Wildman–Crippen LogP) is 4.39. The lowest BCUT2D eigenvalue weighted by atomic mass is 10.0. The fourth-order valence-corrected chi connectivity index (χ4v) is 5.56. The van der Waals surface area contributed by atoms with Gasteiger partial charge in [-0.1, -0.05) is 36.7 Å². The van der Waals surface area contributed by atoms with Crippen LogP contribution in [0, 0.1) is 5.92 Å². The number of para-hydroxylation sites is 1. The largest absolute Gasteiger partial charge is 0.341 e. The van der Waals surface area contributed by atoms with E-state index in [1.54, 1.807) is 29.0 Å². The summed E-state index contributed by atoms with van der Waals surface area (Å²) < 4.78 is 28.3. The quantitative estimate of drug-likeness (QED) is 0.616. The second-order valence-corrected chi connectivity index (χ2v) is 10.0. The zero-order valence-corrected chi connectivity index (χ0v) is 17.8. The molecule has 7 heteroatoms. The van der Waals surface area contributed by atoms with E-state index in [-0.39, 0.29) is 22.2 Å². The Morgan fingerprint density at radius 2 is 1.86 bits per heavy atom. The van der Waals surface area contributed by atoms with Gasteiger partial charge in [0.1, 0.15) is 6.54 Å². The van der Waals surface area contributed by atoms with Gasteiger partial charge in [0.2, 0.25) is 15.7 Å². The average Bonchev–Trinajstić information content (AvgIpc) is 3.08. The first-order chi connectivity index (χ1) is 13.9. The summed E-state index contributed by atoms with van der Waals surface area (Å²) in [6.45, 7) is 3.80. The number of rotatable bonds is 4. The van der Waals surface area contributed by atoms with Crippen molar-refractivity contribution in [1.82, 2.24) is 9.47 Å². The number of carbonyl (C=O) groups is 1. The van der Waals surface area contributed by atoms with E-state index < -0.39 is 9.84 Å². The Morgan fingerprint density at radius 3 is 2.59 bits per heavy atom. The molecule has 0 radical (unpaired) electrons. The number of hydrogen-bond acceptors (Lipinski definition) is 3. The normalized spacial score (nSPS) is 17.6. The summed E-state index contributed by atoms with van der Waals surface area (Å²) in [5.74, 6) is 0.516.